The highest BCUT2D eigenvalue weighted by molar-refractivity contribution is 4.42. The molecule has 0 aliphatic carbocycles. The molecule has 0 saturated carbocycles. The molecule has 0 aliphatic heterocycles. The van der Waals surface area contributed by atoms with Crippen LogP contribution in [0.25, 0.3) is 0 Å². The molecule has 0 aromatic heterocycles. The maximum Gasteiger partial charge on any atom is 0.146 e. The van der Waals surface area contributed by atoms with Crippen molar-refractivity contribution in [3.8, 4) is 0 Å². The topological polar surface area (TPSA) is 102 Å². The molecular weight excluding hydrogens is 596 g/mol. The van der Waals surface area contributed by atoms with Crippen molar-refractivity contribution in [1.82, 2.24) is 0 Å². The summed E-state index contributed by atoms with van der Waals surface area (Å²) in [4.78, 5) is 0. The minimum absolute atomic E-state index is 0.422. The predicted octanol–water partition coefficient (Wildman–Crippen LogP) is 6.34. The van der Waals surface area contributed by atoms with Crippen molar-refractivity contribution in [1.29, 1.82) is 0 Å². The van der Waals surface area contributed by atoms with E-state index >= 15 is 0 Å². The van der Waals surface area contributed by atoms with Gasteiger partial charge in [-0.3, -0.25) is 0 Å². The van der Waals surface area contributed by atoms with E-state index in [0.29, 0.717) is 46.4 Å². The second-order valence-corrected chi connectivity index (χ2v) is 9.78. The van der Waals surface area contributed by atoms with Gasteiger partial charge in [-0.1, -0.05) is 0 Å². The summed E-state index contributed by atoms with van der Waals surface area (Å²) in [5.41, 5.74) is 0. The van der Waals surface area contributed by atoms with Gasteiger partial charge in [0.05, 0.1) is 39.6 Å². The summed E-state index contributed by atoms with van der Waals surface area (Å²) in [6.07, 6.45) is 8.49. The SMILES string of the molecule is CCOCCCCOCCOCC.CCOCCCCOCOCC.CCOCCOCCCCOCCCCOCCOCC. The van der Waals surface area contributed by atoms with E-state index in [2.05, 4.69) is 0 Å². The van der Waals surface area contributed by atoms with Crippen LogP contribution in [0.4, 0.5) is 0 Å². The van der Waals surface area contributed by atoms with Crippen molar-refractivity contribution in [2.75, 3.05) is 139 Å². The van der Waals surface area contributed by atoms with E-state index < -0.39 is 0 Å². The van der Waals surface area contributed by atoms with Crippen LogP contribution in [0, 0.1) is 0 Å². The molecule has 0 atom stereocenters. The van der Waals surface area contributed by atoms with Gasteiger partial charge in [0.15, 0.2) is 0 Å². The van der Waals surface area contributed by atoms with Gasteiger partial charge < -0.3 is 52.1 Å². The molecule has 0 heterocycles. The van der Waals surface area contributed by atoms with E-state index in [1.165, 1.54) is 0 Å². The van der Waals surface area contributed by atoms with Crippen molar-refractivity contribution in [3.63, 3.8) is 0 Å². The van der Waals surface area contributed by atoms with Crippen molar-refractivity contribution < 1.29 is 52.1 Å². The third-order valence-electron chi connectivity index (χ3n) is 5.82. The molecule has 0 unspecified atom stereocenters. The Hall–Kier alpha value is -0.440. The molecule has 0 aromatic rings. The Bertz CT molecular complexity index is 424. The summed E-state index contributed by atoms with van der Waals surface area (Å²) in [7, 11) is 0. The Morgan fingerprint density at radius 3 is 0.674 bits per heavy atom. The highest BCUT2D eigenvalue weighted by Crippen LogP contribution is 1.96. The predicted molar refractivity (Wildman–Crippen MR) is 185 cm³/mol. The number of hydrogen-bond donors (Lipinski definition) is 0. The number of ether oxygens (including phenoxy) is 11. The second kappa shape index (κ2) is 54.0. The van der Waals surface area contributed by atoms with E-state index in [4.69, 9.17) is 52.1 Å². The standard InChI is InChI=1S/C16H34O5.C10H22O3.C9H20O3/c1-3-17-13-15-20-11-7-5-9-19-10-6-8-12-21-16-14-18-4-2;1-3-11-7-5-6-8-13-10-9-12-4-2;1-3-10-7-5-6-8-12-9-11-4-2/h3-16H2,1-2H3;3-10H2,1-2H3;3-9H2,1-2H3. The van der Waals surface area contributed by atoms with Crippen molar-refractivity contribution >= 4 is 0 Å². The van der Waals surface area contributed by atoms with Gasteiger partial charge in [-0.15, -0.1) is 0 Å². The van der Waals surface area contributed by atoms with Gasteiger partial charge in [0.2, 0.25) is 0 Å². The first-order valence-electron chi connectivity index (χ1n) is 18.1. The van der Waals surface area contributed by atoms with Crippen LogP contribution in [0.1, 0.15) is 92.9 Å². The minimum Gasteiger partial charge on any atom is -0.382 e. The van der Waals surface area contributed by atoms with Crippen LogP contribution in [0.2, 0.25) is 0 Å². The van der Waals surface area contributed by atoms with Crippen LogP contribution in [-0.4, -0.2) is 139 Å². The maximum absolute atomic E-state index is 5.56. The Labute approximate surface area is 283 Å². The highest BCUT2D eigenvalue weighted by Gasteiger charge is 1.94. The summed E-state index contributed by atoms with van der Waals surface area (Å²) in [6, 6.07) is 0. The number of rotatable bonds is 37. The molecular formula is C35H76O11. The first kappa shape index (κ1) is 49.9. The van der Waals surface area contributed by atoms with E-state index in [0.717, 1.165) is 144 Å². The first-order valence-corrected chi connectivity index (χ1v) is 18.1. The summed E-state index contributed by atoms with van der Waals surface area (Å²) in [5.74, 6) is 0. The van der Waals surface area contributed by atoms with Crippen LogP contribution in [0.3, 0.4) is 0 Å². The fourth-order valence-corrected chi connectivity index (χ4v) is 3.32. The smallest absolute Gasteiger partial charge is 0.146 e. The Morgan fingerprint density at radius 2 is 0.391 bits per heavy atom. The molecule has 0 aromatic carbocycles. The summed E-state index contributed by atoms with van der Waals surface area (Å²) in [6.45, 7) is 27.7. The number of unbranched alkanes of at least 4 members (excludes halogenated alkanes) is 4. The van der Waals surface area contributed by atoms with Crippen LogP contribution in [-0.2, 0) is 52.1 Å². The second-order valence-electron chi connectivity index (χ2n) is 9.78. The zero-order chi connectivity index (χ0) is 34.3. The molecule has 11 nitrogen and oxygen atoms in total. The molecule has 11 heteroatoms. The highest BCUT2D eigenvalue weighted by atomic mass is 16.7. The molecule has 282 valence electrons. The molecule has 0 saturated heterocycles. The average molecular weight is 673 g/mol. The van der Waals surface area contributed by atoms with E-state index in [1.54, 1.807) is 0 Å². The lowest BCUT2D eigenvalue weighted by Crippen LogP contribution is -2.07. The van der Waals surface area contributed by atoms with Crippen LogP contribution >= 0.6 is 0 Å². The van der Waals surface area contributed by atoms with Crippen LogP contribution in [0.15, 0.2) is 0 Å². The monoisotopic (exact) mass is 673 g/mol. The molecule has 0 radical (unpaired) electrons. The van der Waals surface area contributed by atoms with Gasteiger partial charge in [-0.05, 0) is 92.9 Å². The van der Waals surface area contributed by atoms with Gasteiger partial charge in [0.1, 0.15) is 6.79 Å². The fraction of sp³-hybridized carbons (Fsp3) is 1.00. The van der Waals surface area contributed by atoms with Crippen LogP contribution in [0.5, 0.6) is 0 Å². The van der Waals surface area contributed by atoms with Crippen molar-refractivity contribution in [2.24, 2.45) is 0 Å². The lowest BCUT2D eigenvalue weighted by atomic mass is 10.3. The zero-order valence-electron chi connectivity index (χ0n) is 31.0. The number of hydrogen-bond acceptors (Lipinski definition) is 11. The van der Waals surface area contributed by atoms with E-state index in [1.807, 2.05) is 41.5 Å². The van der Waals surface area contributed by atoms with Crippen molar-refractivity contribution in [3.05, 3.63) is 0 Å². The molecule has 0 spiro atoms. The molecule has 0 N–H and O–H groups in total. The quantitative estimate of drug-likeness (QED) is 0.0546. The lowest BCUT2D eigenvalue weighted by Gasteiger charge is -2.06. The fourth-order valence-electron chi connectivity index (χ4n) is 3.32. The summed E-state index contributed by atoms with van der Waals surface area (Å²) >= 11 is 0. The molecule has 0 amide bonds. The van der Waals surface area contributed by atoms with E-state index in [9.17, 15) is 0 Å². The van der Waals surface area contributed by atoms with Gasteiger partial charge in [0.25, 0.3) is 0 Å². The zero-order valence-corrected chi connectivity index (χ0v) is 31.0. The van der Waals surface area contributed by atoms with Gasteiger partial charge in [-0.25, -0.2) is 0 Å². The van der Waals surface area contributed by atoms with Gasteiger partial charge in [-0.2, -0.15) is 0 Å². The van der Waals surface area contributed by atoms with Gasteiger partial charge in [0, 0.05) is 92.5 Å². The Morgan fingerprint density at radius 1 is 0.196 bits per heavy atom. The summed E-state index contributed by atoms with van der Waals surface area (Å²) < 4.78 is 57.8. The third kappa shape index (κ3) is 59.0. The van der Waals surface area contributed by atoms with Crippen LogP contribution < -0.4 is 0 Å². The molecule has 0 aliphatic rings. The molecule has 0 rings (SSSR count). The van der Waals surface area contributed by atoms with Crippen molar-refractivity contribution in [2.45, 2.75) is 92.9 Å². The normalized spacial score (nSPS) is 10.8. The Kier molecular flexibility index (Phi) is 58.7. The third-order valence-corrected chi connectivity index (χ3v) is 5.82. The lowest BCUT2D eigenvalue weighted by molar-refractivity contribution is -0.0511. The first-order chi connectivity index (χ1) is 22.7. The van der Waals surface area contributed by atoms with E-state index in [-0.39, 0.29) is 0 Å². The minimum atomic E-state index is 0.422. The maximum atomic E-state index is 5.56. The molecule has 0 bridgehead atoms. The largest absolute Gasteiger partial charge is 0.382 e. The molecule has 46 heavy (non-hydrogen) atoms. The Balaban J connectivity index is -0.000000639. The molecule has 0 fully saturated rings. The summed E-state index contributed by atoms with van der Waals surface area (Å²) in [5, 5.41) is 0. The van der Waals surface area contributed by atoms with Gasteiger partial charge >= 0.3 is 0 Å². The average Bonchev–Trinajstić information content (AvgIpc) is 3.07.